The van der Waals surface area contributed by atoms with Crippen molar-refractivity contribution in [3.05, 3.63) is 47.0 Å². The standard InChI is InChI=1S/C18H16ClNO5/c1-10(21)14-7-16-17(24-9-23-16)8-15(14)20-18(22)11(2)25-13-5-3-4-12(19)6-13/h3-8,11H,9H2,1-2H3,(H,20,22). The Labute approximate surface area is 149 Å². The van der Waals surface area contributed by atoms with Crippen LogP contribution in [0, 0.1) is 0 Å². The molecule has 2 aromatic carbocycles. The third-order valence-electron chi connectivity index (χ3n) is 3.63. The summed E-state index contributed by atoms with van der Waals surface area (Å²) in [6.45, 7) is 3.11. The van der Waals surface area contributed by atoms with Gasteiger partial charge in [-0.05, 0) is 38.1 Å². The number of fused-ring (bicyclic) bond motifs is 1. The Morgan fingerprint density at radius 2 is 1.92 bits per heavy atom. The summed E-state index contributed by atoms with van der Waals surface area (Å²) < 4.78 is 16.1. The van der Waals surface area contributed by atoms with Crippen LogP contribution in [0.3, 0.4) is 0 Å². The summed E-state index contributed by atoms with van der Waals surface area (Å²) in [5.41, 5.74) is 0.691. The molecule has 1 aliphatic rings. The third-order valence-corrected chi connectivity index (χ3v) is 3.86. The number of Topliss-reactive ketones (excluding diaryl/α,β-unsaturated/α-hetero) is 1. The molecule has 0 spiro atoms. The largest absolute Gasteiger partial charge is 0.481 e. The molecule has 6 nitrogen and oxygen atoms in total. The molecule has 1 N–H and O–H groups in total. The van der Waals surface area contributed by atoms with Crippen LogP contribution in [0.2, 0.25) is 5.02 Å². The Hall–Kier alpha value is -2.73. The molecule has 1 amide bonds. The quantitative estimate of drug-likeness (QED) is 0.822. The van der Waals surface area contributed by atoms with Crippen molar-refractivity contribution in [2.75, 3.05) is 12.1 Å². The van der Waals surface area contributed by atoms with Crippen LogP contribution >= 0.6 is 11.6 Å². The Morgan fingerprint density at radius 3 is 2.60 bits per heavy atom. The smallest absolute Gasteiger partial charge is 0.265 e. The first-order valence-electron chi connectivity index (χ1n) is 7.61. The molecule has 0 bridgehead atoms. The molecule has 1 aliphatic heterocycles. The molecule has 25 heavy (non-hydrogen) atoms. The zero-order chi connectivity index (χ0) is 18.0. The number of carbonyl (C=O) groups excluding carboxylic acids is 2. The Bertz CT molecular complexity index is 836. The second-order valence-corrected chi connectivity index (χ2v) is 5.95. The summed E-state index contributed by atoms with van der Waals surface area (Å²) in [6, 6.07) is 9.90. The first-order valence-corrected chi connectivity index (χ1v) is 7.99. The van der Waals surface area contributed by atoms with Crippen LogP contribution in [-0.2, 0) is 4.79 Å². The SMILES string of the molecule is CC(=O)c1cc2c(cc1NC(=O)C(C)Oc1cccc(Cl)c1)OCO2. The number of benzene rings is 2. The van der Waals surface area contributed by atoms with Crippen LogP contribution in [-0.4, -0.2) is 24.6 Å². The number of nitrogens with one attached hydrogen (secondary N) is 1. The fourth-order valence-corrected chi connectivity index (χ4v) is 2.55. The first kappa shape index (κ1) is 17.1. The molecule has 0 radical (unpaired) electrons. The van der Waals surface area contributed by atoms with Gasteiger partial charge in [0.25, 0.3) is 5.91 Å². The summed E-state index contributed by atoms with van der Waals surface area (Å²) in [4.78, 5) is 24.3. The van der Waals surface area contributed by atoms with Gasteiger partial charge in [0.1, 0.15) is 5.75 Å². The number of halogens is 1. The minimum Gasteiger partial charge on any atom is -0.481 e. The number of hydrogen-bond acceptors (Lipinski definition) is 5. The van der Waals surface area contributed by atoms with Crippen LogP contribution in [0.25, 0.3) is 0 Å². The molecule has 0 saturated carbocycles. The molecule has 1 atom stereocenters. The van der Waals surface area contributed by atoms with Crippen molar-refractivity contribution in [1.82, 2.24) is 0 Å². The lowest BCUT2D eigenvalue weighted by molar-refractivity contribution is -0.122. The van der Waals surface area contributed by atoms with Crippen molar-refractivity contribution in [2.24, 2.45) is 0 Å². The van der Waals surface area contributed by atoms with Crippen LogP contribution < -0.4 is 19.5 Å². The summed E-state index contributed by atoms with van der Waals surface area (Å²) in [7, 11) is 0. The Balaban J connectivity index is 1.77. The highest BCUT2D eigenvalue weighted by molar-refractivity contribution is 6.30. The minimum absolute atomic E-state index is 0.0817. The number of amides is 1. The lowest BCUT2D eigenvalue weighted by Gasteiger charge is -2.16. The fraction of sp³-hybridized carbons (Fsp3) is 0.222. The summed E-state index contributed by atoms with van der Waals surface area (Å²) in [6.07, 6.45) is -0.788. The van der Waals surface area contributed by atoms with E-state index in [-0.39, 0.29) is 12.6 Å². The van der Waals surface area contributed by atoms with Crippen molar-refractivity contribution in [1.29, 1.82) is 0 Å². The van der Waals surface area contributed by atoms with E-state index in [2.05, 4.69) is 5.32 Å². The van der Waals surface area contributed by atoms with Gasteiger partial charge in [-0.1, -0.05) is 17.7 Å². The fourth-order valence-electron chi connectivity index (χ4n) is 2.37. The van der Waals surface area contributed by atoms with Crippen molar-refractivity contribution in [3.8, 4) is 17.2 Å². The highest BCUT2D eigenvalue weighted by Crippen LogP contribution is 2.37. The van der Waals surface area contributed by atoms with E-state index in [9.17, 15) is 9.59 Å². The monoisotopic (exact) mass is 361 g/mol. The highest BCUT2D eigenvalue weighted by Gasteiger charge is 2.22. The van der Waals surface area contributed by atoms with E-state index >= 15 is 0 Å². The molecule has 1 heterocycles. The molecular formula is C18H16ClNO5. The molecule has 0 saturated heterocycles. The average Bonchev–Trinajstić information content (AvgIpc) is 3.01. The van der Waals surface area contributed by atoms with Crippen molar-refractivity contribution >= 4 is 29.0 Å². The van der Waals surface area contributed by atoms with Gasteiger partial charge in [-0.2, -0.15) is 0 Å². The van der Waals surface area contributed by atoms with E-state index in [1.807, 2.05) is 0 Å². The van der Waals surface area contributed by atoms with Gasteiger partial charge < -0.3 is 19.5 Å². The Kier molecular flexibility index (Phi) is 4.81. The van der Waals surface area contributed by atoms with Crippen molar-refractivity contribution < 1.29 is 23.8 Å². The minimum atomic E-state index is -0.788. The highest BCUT2D eigenvalue weighted by atomic mass is 35.5. The molecule has 1 unspecified atom stereocenters. The maximum Gasteiger partial charge on any atom is 0.265 e. The predicted molar refractivity (Wildman–Crippen MR) is 92.7 cm³/mol. The van der Waals surface area contributed by atoms with Gasteiger partial charge in [0.15, 0.2) is 23.4 Å². The van der Waals surface area contributed by atoms with E-state index in [1.54, 1.807) is 43.3 Å². The van der Waals surface area contributed by atoms with Crippen molar-refractivity contribution in [2.45, 2.75) is 20.0 Å². The van der Waals surface area contributed by atoms with Gasteiger partial charge in [-0.25, -0.2) is 0 Å². The van der Waals surface area contributed by atoms with Gasteiger partial charge >= 0.3 is 0 Å². The van der Waals surface area contributed by atoms with Gasteiger partial charge in [0.2, 0.25) is 6.79 Å². The van der Waals surface area contributed by atoms with Crippen LogP contribution in [0.1, 0.15) is 24.2 Å². The number of ether oxygens (including phenoxy) is 3. The normalized spacial score (nSPS) is 13.2. The van der Waals surface area contributed by atoms with E-state index in [0.29, 0.717) is 33.5 Å². The molecule has 130 valence electrons. The summed E-state index contributed by atoms with van der Waals surface area (Å²) in [5.74, 6) is 0.834. The zero-order valence-corrected chi connectivity index (χ0v) is 14.4. The lowest BCUT2D eigenvalue weighted by atomic mass is 10.1. The van der Waals surface area contributed by atoms with Crippen LogP contribution in [0.15, 0.2) is 36.4 Å². The first-order chi connectivity index (χ1) is 11.9. The van der Waals surface area contributed by atoms with E-state index < -0.39 is 12.0 Å². The van der Waals surface area contributed by atoms with Gasteiger partial charge in [-0.3, -0.25) is 9.59 Å². The molecule has 0 aromatic heterocycles. The summed E-state index contributed by atoms with van der Waals surface area (Å²) in [5, 5.41) is 3.22. The maximum absolute atomic E-state index is 12.4. The third kappa shape index (κ3) is 3.85. The van der Waals surface area contributed by atoms with Crippen LogP contribution in [0.4, 0.5) is 5.69 Å². The molecule has 2 aromatic rings. The average molecular weight is 362 g/mol. The summed E-state index contributed by atoms with van der Waals surface area (Å²) >= 11 is 5.90. The zero-order valence-electron chi connectivity index (χ0n) is 13.7. The topological polar surface area (TPSA) is 73.9 Å². The maximum atomic E-state index is 12.4. The van der Waals surface area contributed by atoms with Crippen molar-refractivity contribution in [3.63, 3.8) is 0 Å². The van der Waals surface area contributed by atoms with Crippen LogP contribution in [0.5, 0.6) is 17.2 Å². The number of hydrogen-bond donors (Lipinski definition) is 1. The second-order valence-electron chi connectivity index (χ2n) is 5.51. The van der Waals surface area contributed by atoms with E-state index in [4.69, 9.17) is 25.8 Å². The number of carbonyl (C=O) groups is 2. The Morgan fingerprint density at radius 1 is 1.20 bits per heavy atom. The number of ketones is 1. The molecule has 3 rings (SSSR count). The predicted octanol–water partition coefficient (Wildman–Crippen LogP) is 3.68. The molecule has 0 aliphatic carbocycles. The number of rotatable bonds is 5. The lowest BCUT2D eigenvalue weighted by Crippen LogP contribution is -2.30. The van der Waals surface area contributed by atoms with Gasteiger partial charge in [0, 0.05) is 16.7 Å². The van der Waals surface area contributed by atoms with E-state index in [1.165, 1.54) is 6.92 Å². The second kappa shape index (κ2) is 7.03. The van der Waals surface area contributed by atoms with Gasteiger partial charge in [0.05, 0.1) is 5.69 Å². The molecule has 0 fully saturated rings. The molecule has 7 heteroatoms. The van der Waals surface area contributed by atoms with E-state index in [0.717, 1.165) is 0 Å². The molecular weight excluding hydrogens is 346 g/mol. The number of anilines is 1. The van der Waals surface area contributed by atoms with Gasteiger partial charge in [-0.15, -0.1) is 0 Å².